The van der Waals surface area contributed by atoms with E-state index in [1.807, 2.05) is 6.92 Å². The zero-order valence-corrected chi connectivity index (χ0v) is 13.5. The number of piperidine rings is 1. The van der Waals surface area contributed by atoms with Gasteiger partial charge >= 0.3 is 12.0 Å². The molecule has 124 valence electrons. The van der Waals surface area contributed by atoms with E-state index in [4.69, 9.17) is 0 Å². The number of carboxylic acids is 1. The minimum atomic E-state index is -0.779. The normalized spacial score (nSPS) is 29.8. The Morgan fingerprint density at radius 1 is 1.09 bits per heavy atom. The quantitative estimate of drug-likeness (QED) is 0.839. The summed E-state index contributed by atoms with van der Waals surface area (Å²) < 4.78 is 0. The first-order chi connectivity index (χ1) is 10.5. The maximum absolute atomic E-state index is 12.6. The number of hydrogen-bond acceptors (Lipinski definition) is 2. The van der Waals surface area contributed by atoms with E-state index in [9.17, 15) is 14.7 Å². The Bertz CT molecular complexity index is 418. The average molecular weight is 308 g/mol. The molecule has 3 aliphatic rings. The third-order valence-corrected chi connectivity index (χ3v) is 5.90. The highest BCUT2D eigenvalue weighted by Crippen LogP contribution is 2.40. The molecule has 2 saturated carbocycles. The molecule has 0 bridgehead atoms. The van der Waals surface area contributed by atoms with Crippen LogP contribution in [0.4, 0.5) is 4.79 Å². The number of urea groups is 1. The van der Waals surface area contributed by atoms with Crippen LogP contribution in [0.5, 0.6) is 0 Å². The molecule has 2 unspecified atom stereocenters. The van der Waals surface area contributed by atoms with Crippen LogP contribution in [0.3, 0.4) is 0 Å². The number of nitrogens with zero attached hydrogens (tertiary/aromatic N) is 1. The fourth-order valence-corrected chi connectivity index (χ4v) is 4.15. The second-order valence-electron chi connectivity index (χ2n) is 7.64. The summed E-state index contributed by atoms with van der Waals surface area (Å²) in [5.74, 6) is 0.351. The van der Waals surface area contributed by atoms with E-state index in [-0.39, 0.29) is 11.9 Å². The van der Waals surface area contributed by atoms with E-state index >= 15 is 0 Å². The lowest BCUT2D eigenvalue weighted by molar-refractivity contribution is -0.143. The van der Waals surface area contributed by atoms with Crippen LogP contribution in [-0.4, -0.2) is 41.1 Å². The molecule has 22 heavy (non-hydrogen) atoms. The Kier molecular flexibility index (Phi) is 4.59. The predicted molar refractivity (Wildman–Crippen MR) is 83.5 cm³/mol. The van der Waals surface area contributed by atoms with Crippen molar-refractivity contribution in [1.82, 2.24) is 10.2 Å². The van der Waals surface area contributed by atoms with Crippen molar-refractivity contribution in [1.29, 1.82) is 0 Å². The lowest BCUT2D eigenvalue weighted by Gasteiger charge is -2.44. The minimum absolute atomic E-state index is 0.0402. The highest BCUT2D eigenvalue weighted by molar-refractivity contribution is 5.77. The lowest BCUT2D eigenvalue weighted by atomic mass is 9.68. The van der Waals surface area contributed by atoms with Gasteiger partial charge in [0, 0.05) is 19.1 Å². The summed E-state index contributed by atoms with van der Waals surface area (Å²) in [5.41, 5.74) is 0. The van der Waals surface area contributed by atoms with Crippen molar-refractivity contribution in [3.63, 3.8) is 0 Å². The molecule has 1 heterocycles. The summed E-state index contributed by atoms with van der Waals surface area (Å²) in [7, 11) is 0. The first kappa shape index (κ1) is 15.6. The van der Waals surface area contributed by atoms with E-state index < -0.39 is 11.9 Å². The molecule has 0 radical (unpaired) electrons. The summed E-state index contributed by atoms with van der Waals surface area (Å²) in [6.45, 7) is 3.07. The first-order valence-corrected chi connectivity index (χ1v) is 8.83. The Hall–Kier alpha value is -1.26. The number of hydrogen-bond donors (Lipinski definition) is 2. The number of nitrogens with one attached hydrogen (secondary N) is 1. The molecular weight excluding hydrogens is 280 g/mol. The van der Waals surface area contributed by atoms with Crippen LogP contribution in [-0.2, 0) is 4.79 Å². The van der Waals surface area contributed by atoms with Crippen molar-refractivity contribution < 1.29 is 14.7 Å². The SMILES string of the molecule is CC1CC(C(=O)O)CN(C(=O)NC(C2CCC2)C2CCC2)C1. The van der Waals surface area contributed by atoms with Crippen LogP contribution in [0.2, 0.25) is 0 Å². The maximum atomic E-state index is 12.6. The van der Waals surface area contributed by atoms with Gasteiger partial charge in [-0.1, -0.05) is 19.8 Å². The van der Waals surface area contributed by atoms with Crippen molar-refractivity contribution in [3.05, 3.63) is 0 Å². The van der Waals surface area contributed by atoms with Crippen LogP contribution >= 0.6 is 0 Å². The van der Waals surface area contributed by atoms with E-state index in [1.165, 1.54) is 38.5 Å². The molecule has 1 aliphatic heterocycles. The zero-order chi connectivity index (χ0) is 15.7. The number of rotatable bonds is 4. The summed E-state index contributed by atoms with van der Waals surface area (Å²) >= 11 is 0. The van der Waals surface area contributed by atoms with Gasteiger partial charge in [-0.05, 0) is 49.9 Å². The van der Waals surface area contributed by atoms with Gasteiger partial charge in [0.15, 0.2) is 0 Å². The molecule has 0 aromatic rings. The Morgan fingerprint density at radius 3 is 2.14 bits per heavy atom. The van der Waals surface area contributed by atoms with Crippen LogP contribution in [0.25, 0.3) is 0 Å². The molecule has 3 fully saturated rings. The van der Waals surface area contributed by atoms with E-state index in [1.54, 1.807) is 4.90 Å². The molecule has 0 aromatic carbocycles. The van der Waals surface area contributed by atoms with Gasteiger partial charge in [0.2, 0.25) is 0 Å². The second-order valence-corrected chi connectivity index (χ2v) is 7.64. The molecular formula is C17H28N2O3. The predicted octanol–water partition coefficient (Wildman–Crippen LogP) is 2.71. The van der Waals surface area contributed by atoms with Gasteiger partial charge in [-0.3, -0.25) is 4.79 Å². The largest absolute Gasteiger partial charge is 0.481 e. The van der Waals surface area contributed by atoms with Gasteiger partial charge < -0.3 is 15.3 Å². The van der Waals surface area contributed by atoms with E-state index in [0.29, 0.717) is 37.4 Å². The highest BCUT2D eigenvalue weighted by atomic mass is 16.4. The minimum Gasteiger partial charge on any atom is -0.481 e. The molecule has 2 atom stereocenters. The number of aliphatic carboxylic acids is 1. The van der Waals surface area contributed by atoms with Crippen LogP contribution in [0, 0.1) is 23.7 Å². The van der Waals surface area contributed by atoms with Gasteiger partial charge in [-0.25, -0.2) is 4.79 Å². The molecule has 3 rings (SSSR count). The van der Waals surface area contributed by atoms with Crippen molar-refractivity contribution in [2.75, 3.05) is 13.1 Å². The standard InChI is InChI=1S/C17H28N2O3/c1-11-8-14(16(20)21)10-19(9-11)17(22)18-15(12-4-2-5-12)13-6-3-7-13/h11-15H,2-10H2,1H3,(H,18,22)(H,20,21). The van der Waals surface area contributed by atoms with E-state index in [2.05, 4.69) is 5.32 Å². The molecule has 2 aliphatic carbocycles. The monoisotopic (exact) mass is 308 g/mol. The summed E-state index contributed by atoms with van der Waals surface area (Å²) in [6.07, 6.45) is 8.17. The van der Waals surface area contributed by atoms with Gasteiger partial charge in [0.05, 0.1) is 5.92 Å². The van der Waals surface area contributed by atoms with Crippen LogP contribution in [0.15, 0.2) is 0 Å². The Balaban J connectivity index is 1.60. The van der Waals surface area contributed by atoms with Gasteiger partial charge in [-0.15, -0.1) is 0 Å². The number of carbonyl (C=O) groups is 2. The molecule has 2 amide bonds. The number of amides is 2. The van der Waals surface area contributed by atoms with Crippen molar-refractivity contribution in [2.24, 2.45) is 23.7 Å². The van der Waals surface area contributed by atoms with E-state index in [0.717, 1.165) is 0 Å². The molecule has 5 nitrogen and oxygen atoms in total. The highest BCUT2D eigenvalue weighted by Gasteiger charge is 2.39. The van der Waals surface area contributed by atoms with Gasteiger partial charge in [0.1, 0.15) is 0 Å². The maximum Gasteiger partial charge on any atom is 0.317 e. The number of carbonyl (C=O) groups excluding carboxylic acids is 1. The topological polar surface area (TPSA) is 69.6 Å². The van der Waals surface area contributed by atoms with Crippen molar-refractivity contribution in [2.45, 2.75) is 57.9 Å². The molecule has 5 heteroatoms. The fraction of sp³-hybridized carbons (Fsp3) is 0.882. The smallest absolute Gasteiger partial charge is 0.317 e. The molecule has 2 N–H and O–H groups in total. The molecule has 0 spiro atoms. The fourth-order valence-electron chi connectivity index (χ4n) is 4.15. The first-order valence-electron chi connectivity index (χ1n) is 8.83. The number of likely N-dealkylation sites (tertiary alicyclic amines) is 1. The zero-order valence-electron chi connectivity index (χ0n) is 13.5. The third kappa shape index (κ3) is 3.23. The van der Waals surface area contributed by atoms with Gasteiger partial charge in [0.25, 0.3) is 0 Å². The summed E-state index contributed by atoms with van der Waals surface area (Å²) in [6, 6.07) is 0.275. The van der Waals surface area contributed by atoms with Crippen LogP contribution in [0.1, 0.15) is 51.9 Å². The molecule has 0 aromatic heterocycles. The Morgan fingerprint density at radius 2 is 1.68 bits per heavy atom. The second kappa shape index (κ2) is 6.47. The van der Waals surface area contributed by atoms with Gasteiger partial charge in [-0.2, -0.15) is 0 Å². The number of carboxylic acid groups (broad SMARTS) is 1. The lowest BCUT2D eigenvalue weighted by Crippen LogP contribution is -2.56. The summed E-state index contributed by atoms with van der Waals surface area (Å²) in [5, 5.41) is 12.5. The Labute approximate surface area is 132 Å². The third-order valence-electron chi connectivity index (χ3n) is 5.90. The molecule has 1 saturated heterocycles. The van der Waals surface area contributed by atoms with Crippen LogP contribution < -0.4 is 5.32 Å². The average Bonchev–Trinajstić information content (AvgIpc) is 2.33. The van der Waals surface area contributed by atoms with Crippen molar-refractivity contribution in [3.8, 4) is 0 Å². The summed E-state index contributed by atoms with van der Waals surface area (Å²) in [4.78, 5) is 25.6. The van der Waals surface area contributed by atoms with Crippen molar-refractivity contribution >= 4 is 12.0 Å².